The molecule has 0 saturated heterocycles. The molecule has 6 heteroatoms. The molecule has 0 aromatic carbocycles. The maximum absolute atomic E-state index is 5.74. The first-order chi connectivity index (χ1) is 8.75. The number of aromatic nitrogens is 2. The van der Waals surface area contributed by atoms with Crippen LogP contribution in [0.3, 0.4) is 0 Å². The monoisotopic (exact) mass is 267 g/mol. The van der Waals surface area contributed by atoms with Crippen molar-refractivity contribution in [3.05, 3.63) is 11.4 Å². The van der Waals surface area contributed by atoms with E-state index in [-0.39, 0.29) is 5.41 Å². The minimum atomic E-state index is -0.154. The van der Waals surface area contributed by atoms with Crippen LogP contribution in [0, 0.1) is 6.92 Å². The Kier molecular flexibility index (Phi) is 5.08. The molecule has 3 N–H and O–H groups in total. The number of hydrogen-bond donors (Lipinski definition) is 2. The van der Waals surface area contributed by atoms with Gasteiger partial charge in [0.15, 0.2) is 5.82 Å². The van der Waals surface area contributed by atoms with Crippen LogP contribution in [0.2, 0.25) is 0 Å². The predicted octanol–water partition coefficient (Wildman–Crippen LogP) is 1.31. The summed E-state index contributed by atoms with van der Waals surface area (Å²) in [6.07, 6.45) is 0. The van der Waals surface area contributed by atoms with Gasteiger partial charge in [0.05, 0.1) is 5.56 Å². The summed E-state index contributed by atoms with van der Waals surface area (Å²) in [6, 6.07) is 0. The molecule has 0 bridgehead atoms. The van der Waals surface area contributed by atoms with Crippen LogP contribution in [-0.2, 0) is 5.41 Å². The van der Waals surface area contributed by atoms with Crippen molar-refractivity contribution >= 4 is 5.82 Å². The third kappa shape index (κ3) is 4.33. The molecule has 0 aliphatic rings. The fraction of sp³-hybridized carbons (Fsp3) is 0.692. The summed E-state index contributed by atoms with van der Waals surface area (Å²) in [5, 5.41) is 0. The van der Waals surface area contributed by atoms with Gasteiger partial charge in [-0.05, 0) is 21.0 Å². The maximum Gasteiger partial charge on any atom is 0.221 e. The molecule has 1 heterocycles. The smallest absolute Gasteiger partial charge is 0.221 e. The quantitative estimate of drug-likeness (QED) is 0.619. The van der Waals surface area contributed by atoms with Crippen molar-refractivity contribution in [2.24, 2.45) is 5.84 Å². The molecule has 0 fully saturated rings. The van der Waals surface area contributed by atoms with Crippen molar-refractivity contribution in [1.29, 1.82) is 0 Å². The van der Waals surface area contributed by atoms with Crippen molar-refractivity contribution in [3.63, 3.8) is 0 Å². The van der Waals surface area contributed by atoms with Gasteiger partial charge in [-0.25, -0.2) is 10.8 Å². The lowest BCUT2D eigenvalue weighted by molar-refractivity contribution is 0.250. The number of nitrogens with one attached hydrogen (secondary N) is 1. The molecule has 19 heavy (non-hydrogen) atoms. The van der Waals surface area contributed by atoms with E-state index in [1.165, 1.54) is 0 Å². The molecule has 0 aliphatic carbocycles. The van der Waals surface area contributed by atoms with E-state index in [1.54, 1.807) is 0 Å². The summed E-state index contributed by atoms with van der Waals surface area (Å²) < 4.78 is 5.74. The summed E-state index contributed by atoms with van der Waals surface area (Å²) in [6.45, 7) is 9.48. The van der Waals surface area contributed by atoms with Crippen molar-refractivity contribution < 1.29 is 4.74 Å². The average Bonchev–Trinajstić information content (AvgIpc) is 2.29. The standard InChI is InChI=1S/C13H25N5O/c1-9-10(17-14)15-12(13(2,3)4)16-11(9)19-8-7-18(5)6/h7-8,14H2,1-6H3,(H,15,16,17). The summed E-state index contributed by atoms with van der Waals surface area (Å²) in [5.74, 6) is 7.42. The highest BCUT2D eigenvalue weighted by Gasteiger charge is 2.21. The van der Waals surface area contributed by atoms with Crippen molar-refractivity contribution in [2.75, 3.05) is 32.7 Å². The summed E-state index contributed by atoms with van der Waals surface area (Å²) in [5.41, 5.74) is 3.28. The first kappa shape index (κ1) is 15.7. The van der Waals surface area contributed by atoms with E-state index in [9.17, 15) is 0 Å². The Morgan fingerprint density at radius 3 is 2.37 bits per heavy atom. The van der Waals surface area contributed by atoms with Crippen molar-refractivity contribution in [1.82, 2.24) is 14.9 Å². The Morgan fingerprint density at radius 1 is 1.26 bits per heavy atom. The highest BCUT2D eigenvalue weighted by molar-refractivity contribution is 5.48. The molecule has 0 amide bonds. The van der Waals surface area contributed by atoms with Crippen molar-refractivity contribution in [3.8, 4) is 5.88 Å². The zero-order chi connectivity index (χ0) is 14.6. The van der Waals surface area contributed by atoms with E-state index in [4.69, 9.17) is 10.6 Å². The van der Waals surface area contributed by atoms with Gasteiger partial charge >= 0.3 is 0 Å². The number of rotatable bonds is 5. The lowest BCUT2D eigenvalue weighted by Gasteiger charge is -2.20. The van der Waals surface area contributed by atoms with E-state index < -0.39 is 0 Å². The molecule has 0 unspecified atom stereocenters. The number of nitrogens with zero attached hydrogens (tertiary/aromatic N) is 3. The van der Waals surface area contributed by atoms with Gasteiger partial charge < -0.3 is 15.1 Å². The molecule has 0 atom stereocenters. The maximum atomic E-state index is 5.74. The largest absolute Gasteiger partial charge is 0.476 e. The van der Waals surface area contributed by atoms with Crippen LogP contribution >= 0.6 is 0 Å². The van der Waals surface area contributed by atoms with Crippen LogP contribution < -0.4 is 16.0 Å². The van der Waals surface area contributed by atoms with E-state index in [2.05, 4.69) is 41.1 Å². The minimum absolute atomic E-state index is 0.154. The number of ether oxygens (including phenoxy) is 1. The first-order valence-electron chi connectivity index (χ1n) is 6.39. The summed E-state index contributed by atoms with van der Waals surface area (Å²) in [7, 11) is 4.01. The number of hydrogen-bond acceptors (Lipinski definition) is 6. The molecule has 0 saturated carbocycles. The van der Waals surface area contributed by atoms with Gasteiger partial charge in [-0.2, -0.15) is 4.98 Å². The summed E-state index contributed by atoms with van der Waals surface area (Å²) >= 11 is 0. The normalized spacial score (nSPS) is 11.8. The zero-order valence-electron chi connectivity index (χ0n) is 12.7. The Hall–Kier alpha value is -1.40. The van der Waals surface area contributed by atoms with Crippen molar-refractivity contribution in [2.45, 2.75) is 33.1 Å². The Bertz CT molecular complexity index is 426. The topological polar surface area (TPSA) is 76.3 Å². The van der Waals surface area contributed by atoms with Gasteiger partial charge in [0, 0.05) is 12.0 Å². The van der Waals surface area contributed by atoms with Crippen LogP contribution in [0.25, 0.3) is 0 Å². The fourth-order valence-electron chi connectivity index (χ4n) is 1.44. The second-order valence-corrected chi connectivity index (χ2v) is 5.87. The van der Waals surface area contributed by atoms with Gasteiger partial charge in [-0.1, -0.05) is 20.8 Å². The molecule has 1 aromatic rings. The molecule has 1 rings (SSSR count). The van der Waals surface area contributed by atoms with E-state index in [0.29, 0.717) is 24.1 Å². The summed E-state index contributed by atoms with van der Waals surface area (Å²) in [4.78, 5) is 11.0. The predicted molar refractivity (Wildman–Crippen MR) is 77.3 cm³/mol. The third-order valence-corrected chi connectivity index (χ3v) is 2.69. The molecule has 108 valence electrons. The highest BCUT2D eigenvalue weighted by atomic mass is 16.5. The molecule has 0 radical (unpaired) electrons. The van der Waals surface area contributed by atoms with Gasteiger partial charge in [0.2, 0.25) is 5.88 Å². The van der Waals surface area contributed by atoms with Crippen LogP contribution in [0.5, 0.6) is 5.88 Å². The number of hydrazine groups is 1. The second kappa shape index (κ2) is 6.16. The zero-order valence-corrected chi connectivity index (χ0v) is 12.7. The van der Waals surface area contributed by atoms with Gasteiger partial charge in [0.1, 0.15) is 12.4 Å². The molecule has 6 nitrogen and oxygen atoms in total. The molecular formula is C13H25N5O. The molecule has 0 spiro atoms. The molecule has 1 aromatic heterocycles. The molecule has 0 aliphatic heterocycles. The number of likely N-dealkylation sites (N-methyl/N-ethyl adjacent to an activating group) is 1. The van der Waals surface area contributed by atoms with Crippen LogP contribution in [-0.4, -0.2) is 42.1 Å². The van der Waals surface area contributed by atoms with Crippen LogP contribution in [0.4, 0.5) is 5.82 Å². The number of nitrogens with two attached hydrogens (primary N) is 1. The Labute approximate surface area is 115 Å². The number of anilines is 1. The minimum Gasteiger partial charge on any atom is -0.476 e. The third-order valence-electron chi connectivity index (χ3n) is 2.69. The lowest BCUT2D eigenvalue weighted by atomic mass is 9.95. The molecular weight excluding hydrogens is 242 g/mol. The fourth-order valence-corrected chi connectivity index (χ4v) is 1.44. The second-order valence-electron chi connectivity index (χ2n) is 5.87. The first-order valence-corrected chi connectivity index (χ1v) is 6.39. The van der Waals surface area contributed by atoms with E-state index >= 15 is 0 Å². The van der Waals surface area contributed by atoms with Crippen LogP contribution in [0.15, 0.2) is 0 Å². The number of nitrogen functional groups attached to an aromatic ring is 1. The van der Waals surface area contributed by atoms with Gasteiger partial charge in [-0.15, -0.1) is 0 Å². The highest BCUT2D eigenvalue weighted by Crippen LogP contribution is 2.27. The van der Waals surface area contributed by atoms with E-state index in [1.807, 2.05) is 21.0 Å². The van der Waals surface area contributed by atoms with Gasteiger partial charge in [-0.3, -0.25) is 0 Å². The lowest BCUT2D eigenvalue weighted by Crippen LogP contribution is -2.23. The SMILES string of the molecule is Cc1c(NN)nc(C(C)(C)C)nc1OCCN(C)C. The Balaban J connectivity index is 3.01. The van der Waals surface area contributed by atoms with Gasteiger partial charge in [0.25, 0.3) is 0 Å². The van der Waals surface area contributed by atoms with E-state index in [0.717, 1.165) is 12.1 Å². The average molecular weight is 267 g/mol. The Morgan fingerprint density at radius 2 is 1.89 bits per heavy atom. The van der Waals surface area contributed by atoms with Crippen LogP contribution in [0.1, 0.15) is 32.2 Å².